The van der Waals surface area contributed by atoms with E-state index in [2.05, 4.69) is 30.4 Å². The van der Waals surface area contributed by atoms with Gasteiger partial charge in [-0.25, -0.2) is 0 Å². The number of rotatable bonds is 5. The highest BCUT2D eigenvalue weighted by Gasteiger charge is 2.35. The molecule has 4 nitrogen and oxygen atoms in total. The van der Waals surface area contributed by atoms with E-state index in [0.717, 1.165) is 25.7 Å². The molecule has 1 aromatic rings. The molecule has 1 saturated carbocycles. The largest absolute Gasteiger partial charge is 0.337 e. The molecule has 0 spiro atoms. The van der Waals surface area contributed by atoms with E-state index in [1.807, 2.05) is 30.1 Å². The van der Waals surface area contributed by atoms with E-state index in [4.69, 9.17) is 0 Å². The van der Waals surface area contributed by atoms with Crippen LogP contribution in [0.1, 0.15) is 44.2 Å². The number of hydrogen-bond donors (Lipinski definition) is 1. The SMILES string of the molecule is C[C@@H](c1ccccc1)N(C)CC(=O)NC1(C#N)CCCC1. The van der Waals surface area contributed by atoms with E-state index >= 15 is 0 Å². The summed E-state index contributed by atoms with van der Waals surface area (Å²) in [5.74, 6) is -0.0660. The lowest BCUT2D eigenvalue weighted by Gasteiger charge is -2.27. The molecule has 0 saturated heterocycles. The standard InChI is InChI=1S/C17H23N3O/c1-14(15-8-4-3-5-9-15)20(2)12-16(21)19-17(13-18)10-6-7-11-17/h3-5,8-9,14H,6-7,10-12H2,1-2H3,(H,19,21)/t14-/m0/s1. The van der Waals surface area contributed by atoms with Gasteiger partial charge in [0.25, 0.3) is 0 Å². The lowest BCUT2D eigenvalue weighted by Crippen LogP contribution is -2.48. The molecule has 1 N–H and O–H groups in total. The fraction of sp³-hybridized carbons (Fsp3) is 0.529. The summed E-state index contributed by atoms with van der Waals surface area (Å²) in [6.45, 7) is 2.39. The van der Waals surface area contributed by atoms with E-state index in [1.165, 1.54) is 5.56 Å². The van der Waals surface area contributed by atoms with Crippen molar-refractivity contribution in [2.24, 2.45) is 0 Å². The first-order chi connectivity index (χ1) is 10.1. The van der Waals surface area contributed by atoms with Gasteiger partial charge in [0.2, 0.25) is 5.91 Å². The maximum atomic E-state index is 12.2. The van der Waals surface area contributed by atoms with Gasteiger partial charge >= 0.3 is 0 Å². The van der Waals surface area contributed by atoms with Gasteiger partial charge in [-0.15, -0.1) is 0 Å². The molecule has 1 atom stereocenters. The van der Waals surface area contributed by atoms with Gasteiger partial charge in [0.15, 0.2) is 0 Å². The third-order valence-corrected chi connectivity index (χ3v) is 4.39. The third-order valence-electron chi connectivity index (χ3n) is 4.39. The summed E-state index contributed by atoms with van der Waals surface area (Å²) in [5, 5.41) is 12.2. The first-order valence-corrected chi connectivity index (χ1v) is 7.54. The number of carbonyl (C=O) groups is 1. The van der Waals surface area contributed by atoms with E-state index in [1.54, 1.807) is 0 Å². The van der Waals surface area contributed by atoms with Crippen LogP contribution in [0.5, 0.6) is 0 Å². The number of nitrogens with zero attached hydrogens (tertiary/aromatic N) is 2. The summed E-state index contributed by atoms with van der Waals surface area (Å²) >= 11 is 0. The van der Waals surface area contributed by atoms with Crippen molar-refractivity contribution in [1.29, 1.82) is 5.26 Å². The van der Waals surface area contributed by atoms with E-state index in [0.29, 0.717) is 6.54 Å². The van der Waals surface area contributed by atoms with Crippen molar-refractivity contribution in [1.82, 2.24) is 10.2 Å². The van der Waals surface area contributed by atoms with Gasteiger partial charge in [0.1, 0.15) is 5.54 Å². The molecule has 0 radical (unpaired) electrons. The van der Waals surface area contributed by atoms with Crippen LogP contribution >= 0.6 is 0 Å². The maximum Gasteiger partial charge on any atom is 0.235 e. The van der Waals surface area contributed by atoms with Gasteiger partial charge in [-0.05, 0) is 45.2 Å². The Morgan fingerprint density at radius 3 is 2.57 bits per heavy atom. The molecule has 1 amide bonds. The molecule has 112 valence electrons. The van der Waals surface area contributed by atoms with Crippen LogP contribution in [0, 0.1) is 11.3 Å². The highest BCUT2D eigenvalue weighted by atomic mass is 16.2. The molecule has 0 heterocycles. The number of hydrogen-bond acceptors (Lipinski definition) is 3. The zero-order valence-electron chi connectivity index (χ0n) is 12.8. The van der Waals surface area contributed by atoms with Crippen molar-refractivity contribution in [3.05, 3.63) is 35.9 Å². The predicted octanol–water partition coefficient (Wildman–Crippen LogP) is 2.63. The van der Waals surface area contributed by atoms with Gasteiger partial charge in [0.05, 0.1) is 12.6 Å². The van der Waals surface area contributed by atoms with Gasteiger partial charge in [0, 0.05) is 6.04 Å². The number of likely N-dealkylation sites (N-methyl/N-ethyl adjacent to an activating group) is 1. The summed E-state index contributed by atoms with van der Waals surface area (Å²) < 4.78 is 0. The third kappa shape index (κ3) is 3.83. The Kier molecular flexibility index (Phi) is 4.98. The fourth-order valence-electron chi connectivity index (χ4n) is 2.90. The van der Waals surface area contributed by atoms with Crippen LogP contribution in [0.25, 0.3) is 0 Å². The fourth-order valence-corrected chi connectivity index (χ4v) is 2.90. The minimum absolute atomic E-state index is 0.0660. The Labute approximate surface area is 126 Å². The molecule has 1 fully saturated rings. The lowest BCUT2D eigenvalue weighted by atomic mass is 10.00. The Bertz CT molecular complexity index is 515. The Balaban J connectivity index is 1.92. The predicted molar refractivity (Wildman–Crippen MR) is 82.4 cm³/mol. The molecular weight excluding hydrogens is 262 g/mol. The summed E-state index contributed by atoms with van der Waals surface area (Å²) in [4.78, 5) is 14.2. The molecule has 1 aliphatic rings. The summed E-state index contributed by atoms with van der Waals surface area (Å²) in [6.07, 6.45) is 3.58. The van der Waals surface area contributed by atoms with Crippen molar-refractivity contribution >= 4 is 5.91 Å². The number of nitrogens with one attached hydrogen (secondary N) is 1. The first kappa shape index (κ1) is 15.5. The molecule has 1 aromatic carbocycles. The van der Waals surface area contributed by atoms with Crippen LogP contribution < -0.4 is 5.32 Å². The van der Waals surface area contributed by atoms with Crippen LogP contribution in [-0.2, 0) is 4.79 Å². The molecule has 1 aliphatic carbocycles. The summed E-state index contributed by atoms with van der Waals surface area (Å²) in [5.41, 5.74) is 0.553. The minimum atomic E-state index is -0.631. The zero-order valence-corrected chi connectivity index (χ0v) is 12.8. The van der Waals surface area contributed by atoms with Gasteiger partial charge < -0.3 is 5.32 Å². The second-order valence-electron chi connectivity index (χ2n) is 5.95. The lowest BCUT2D eigenvalue weighted by molar-refractivity contribution is -0.123. The molecule has 0 aliphatic heterocycles. The Morgan fingerprint density at radius 2 is 2.00 bits per heavy atom. The van der Waals surface area contributed by atoms with Crippen LogP contribution in [0.3, 0.4) is 0 Å². The molecule has 0 aromatic heterocycles. The van der Waals surface area contributed by atoms with Crippen LogP contribution in [0.4, 0.5) is 0 Å². The number of nitriles is 1. The summed E-state index contributed by atoms with van der Waals surface area (Å²) in [6, 6.07) is 12.6. The second-order valence-corrected chi connectivity index (χ2v) is 5.95. The number of benzene rings is 1. The van der Waals surface area contributed by atoms with Gasteiger partial charge in [-0.3, -0.25) is 9.69 Å². The van der Waals surface area contributed by atoms with E-state index in [9.17, 15) is 10.1 Å². The second kappa shape index (κ2) is 6.73. The van der Waals surface area contributed by atoms with Crippen molar-refractivity contribution in [3.63, 3.8) is 0 Å². The van der Waals surface area contributed by atoms with E-state index in [-0.39, 0.29) is 11.9 Å². The van der Waals surface area contributed by atoms with Gasteiger partial charge in [-0.1, -0.05) is 30.3 Å². The number of carbonyl (C=O) groups excluding carboxylic acids is 1. The Hall–Kier alpha value is -1.86. The molecule has 0 unspecified atom stereocenters. The zero-order chi connectivity index (χ0) is 15.3. The molecule has 4 heteroatoms. The van der Waals surface area contributed by atoms with Crippen LogP contribution in [0.15, 0.2) is 30.3 Å². The maximum absolute atomic E-state index is 12.2. The van der Waals surface area contributed by atoms with E-state index < -0.39 is 5.54 Å². The number of amides is 1. The van der Waals surface area contributed by atoms with Crippen LogP contribution in [-0.4, -0.2) is 29.9 Å². The van der Waals surface area contributed by atoms with Crippen LogP contribution in [0.2, 0.25) is 0 Å². The van der Waals surface area contributed by atoms with Crippen molar-refractivity contribution in [2.75, 3.05) is 13.6 Å². The average Bonchev–Trinajstić information content (AvgIpc) is 2.96. The average molecular weight is 285 g/mol. The molecule has 0 bridgehead atoms. The highest BCUT2D eigenvalue weighted by Crippen LogP contribution is 2.28. The highest BCUT2D eigenvalue weighted by molar-refractivity contribution is 5.79. The van der Waals surface area contributed by atoms with Gasteiger partial charge in [-0.2, -0.15) is 5.26 Å². The quantitative estimate of drug-likeness (QED) is 0.905. The Morgan fingerprint density at radius 1 is 1.38 bits per heavy atom. The smallest absolute Gasteiger partial charge is 0.235 e. The normalized spacial score (nSPS) is 18.2. The van der Waals surface area contributed by atoms with Crippen molar-refractivity contribution in [2.45, 2.75) is 44.2 Å². The molecule has 2 rings (SSSR count). The first-order valence-electron chi connectivity index (χ1n) is 7.54. The minimum Gasteiger partial charge on any atom is -0.337 e. The molecular formula is C17H23N3O. The topological polar surface area (TPSA) is 56.1 Å². The monoisotopic (exact) mass is 285 g/mol. The van der Waals surface area contributed by atoms with Crippen molar-refractivity contribution < 1.29 is 4.79 Å². The summed E-state index contributed by atoms with van der Waals surface area (Å²) in [7, 11) is 1.94. The molecule has 21 heavy (non-hydrogen) atoms. The van der Waals surface area contributed by atoms with Crippen molar-refractivity contribution in [3.8, 4) is 6.07 Å².